The Kier molecular flexibility index (Phi) is 4.36. The highest BCUT2D eigenvalue weighted by Crippen LogP contribution is 2.30. The number of fused-ring (bicyclic) bond motifs is 2. The first-order chi connectivity index (χ1) is 13.4. The average Bonchev–Trinajstić information content (AvgIpc) is 3.02. The van der Waals surface area contributed by atoms with Crippen molar-refractivity contribution in [1.29, 1.82) is 0 Å². The summed E-state index contributed by atoms with van der Waals surface area (Å²) in [6.07, 6.45) is 0. The van der Waals surface area contributed by atoms with Gasteiger partial charge < -0.3 is 10.4 Å². The smallest absolute Gasteiger partial charge is 0.199 e. The zero-order valence-corrected chi connectivity index (χ0v) is 16.4. The summed E-state index contributed by atoms with van der Waals surface area (Å²) in [7, 11) is 0. The van der Waals surface area contributed by atoms with E-state index in [2.05, 4.69) is 10.3 Å². The number of pyridine rings is 1. The van der Waals surface area contributed by atoms with Crippen LogP contribution in [0.25, 0.3) is 27.3 Å². The van der Waals surface area contributed by atoms with E-state index in [-0.39, 0.29) is 15.8 Å². The maximum atomic E-state index is 13.3. The van der Waals surface area contributed by atoms with Gasteiger partial charge in [-0.15, -0.1) is 0 Å². The third-order valence-electron chi connectivity index (χ3n) is 5.70. The van der Waals surface area contributed by atoms with Crippen LogP contribution < -0.4 is 10.7 Å². The topological polar surface area (TPSA) is 86.9 Å². The van der Waals surface area contributed by atoms with Gasteiger partial charge >= 0.3 is 0 Å². The number of hydrogen-bond donors (Lipinski definition) is 3. The second kappa shape index (κ2) is 6.61. The molecule has 3 N–H and O–H groups in total. The third-order valence-corrected chi connectivity index (χ3v) is 5.70. The molecule has 0 radical (unpaired) electrons. The highest BCUT2D eigenvalue weighted by Gasteiger charge is 2.21. The molecule has 7 nitrogen and oxygen atoms in total. The Labute approximate surface area is 162 Å². The van der Waals surface area contributed by atoms with Gasteiger partial charge in [-0.05, 0) is 51.1 Å². The fourth-order valence-electron chi connectivity index (χ4n) is 3.93. The number of phenolic OH excluding ortho intramolecular Hbond substituents is 1. The van der Waals surface area contributed by atoms with Gasteiger partial charge in [0.1, 0.15) is 31.2 Å². The van der Waals surface area contributed by atoms with Crippen LogP contribution in [0, 0.1) is 6.92 Å². The molecule has 2 heterocycles. The van der Waals surface area contributed by atoms with Crippen LogP contribution in [0.3, 0.4) is 0 Å². The number of aromatic nitrogens is 2. The summed E-state index contributed by atoms with van der Waals surface area (Å²) in [6, 6.07) is 8.61. The van der Waals surface area contributed by atoms with Crippen molar-refractivity contribution in [3.05, 3.63) is 46.4 Å². The minimum atomic E-state index is -0.137. The molecule has 0 bridgehead atoms. The number of nitrogens with zero attached hydrogens (tertiary/aromatic N) is 3. The Morgan fingerprint density at radius 1 is 1.18 bits per heavy atom. The summed E-state index contributed by atoms with van der Waals surface area (Å²) in [5, 5.41) is 24.7. The fourth-order valence-corrected chi connectivity index (χ4v) is 3.93. The number of phenols is 1. The van der Waals surface area contributed by atoms with Crippen molar-refractivity contribution in [2.24, 2.45) is 0 Å². The van der Waals surface area contributed by atoms with Crippen molar-refractivity contribution >= 4 is 33.0 Å². The predicted molar refractivity (Wildman–Crippen MR) is 111 cm³/mol. The van der Waals surface area contributed by atoms with Gasteiger partial charge in [0.2, 0.25) is 0 Å². The van der Waals surface area contributed by atoms with Crippen LogP contribution in [0.5, 0.6) is 5.75 Å². The lowest BCUT2D eigenvalue weighted by atomic mass is 10.1. The van der Waals surface area contributed by atoms with Crippen LogP contribution in [-0.4, -0.2) is 50.5 Å². The number of benzene rings is 2. The van der Waals surface area contributed by atoms with Crippen LogP contribution in [0.4, 0.5) is 5.69 Å². The summed E-state index contributed by atoms with van der Waals surface area (Å²) in [5.41, 5.74) is 2.85. The number of hydroxylamine groups is 3. The van der Waals surface area contributed by atoms with Crippen molar-refractivity contribution in [3.8, 4) is 5.75 Å². The van der Waals surface area contributed by atoms with Crippen LogP contribution in [0.1, 0.15) is 19.7 Å². The summed E-state index contributed by atoms with van der Waals surface area (Å²) >= 11 is 0. The number of aromatic hydroxyl groups is 1. The standard InChI is InChI=1S/C21H24N4O3/c1-4-25(28,5-2)11-10-22-16-7-8-17-20-19(16)21(27)15-12-14(26)6-9-18(15)24(20)13(3)23-17/h6-9,12,28H,4-5,10-11H2,1-3H3,(H-,22,26,27)/p+1. The molecule has 7 heteroatoms. The molecule has 146 valence electrons. The number of nitrogens with one attached hydrogen (secondary N) is 1. The van der Waals surface area contributed by atoms with E-state index >= 15 is 0 Å². The molecule has 2 aromatic heterocycles. The van der Waals surface area contributed by atoms with Gasteiger partial charge in [0.15, 0.2) is 5.43 Å². The molecule has 0 aliphatic carbocycles. The summed E-state index contributed by atoms with van der Waals surface area (Å²) < 4.78 is 1.95. The van der Waals surface area contributed by atoms with E-state index in [4.69, 9.17) is 0 Å². The molecule has 0 aliphatic heterocycles. The Balaban J connectivity index is 1.90. The van der Waals surface area contributed by atoms with E-state index in [0.717, 1.165) is 22.4 Å². The molecule has 0 atom stereocenters. The van der Waals surface area contributed by atoms with E-state index in [1.54, 1.807) is 12.1 Å². The fraction of sp³-hybridized carbons (Fsp3) is 0.333. The quantitative estimate of drug-likeness (QED) is 0.271. The number of anilines is 1. The normalized spacial score (nSPS) is 12.4. The molecule has 0 spiro atoms. The van der Waals surface area contributed by atoms with Gasteiger partial charge in [-0.1, -0.05) is 0 Å². The number of imidazole rings is 1. The zero-order chi connectivity index (χ0) is 20.1. The highest BCUT2D eigenvalue weighted by molar-refractivity contribution is 6.07. The summed E-state index contributed by atoms with van der Waals surface area (Å²) in [4.78, 5) is 17.9. The summed E-state index contributed by atoms with van der Waals surface area (Å²) in [6.45, 7) is 8.13. The molecule has 0 unspecified atom stereocenters. The highest BCUT2D eigenvalue weighted by atomic mass is 16.5. The Morgan fingerprint density at radius 3 is 2.64 bits per heavy atom. The molecule has 0 fully saturated rings. The van der Waals surface area contributed by atoms with Crippen molar-refractivity contribution in [3.63, 3.8) is 0 Å². The largest absolute Gasteiger partial charge is 0.508 e. The third kappa shape index (κ3) is 2.75. The van der Waals surface area contributed by atoms with Crippen molar-refractivity contribution in [2.45, 2.75) is 20.8 Å². The first-order valence-corrected chi connectivity index (χ1v) is 9.61. The Hall–Kier alpha value is -2.90. The number of hydrogen-bond acceptors (Lipinski definition) is 5. The summed E-state index contributed by atoms with van der Waals surface area (Å²) in [5.74, 6) is 0.846. The minimum absolute atomic E-state index is 0.0216. The van der Waals surface area contributed by atoms with Gasteiger partial charge in [-0.3, -0.25) is 9.20 Å². The van der Waals surface area contributed by atoms with Crippen LogP contribution >= 0.6 is 0 Å². The van der Waals surface area contributed by atoms with E-state index in [9.17, 15) is 15.1 Å². The molecule has 0 saturated carbocycles. The first-order valence-electron chi connectivity index (χ1n) is 9.61. The van der Waals surface area contributed by atoms with Crippen LogP contribution in [0.15, 0.2) is 35.1 Å². The van der Waals surface area contributed by atoms with Gasteiger partial charge in [-0.25, -0.2) is 10.2 Å². The van der Waals surface area contributed by atoms with Gasteiger partial charge in [-0.2, -0.15) is 4.65 Å². The number of rotatable bonds is 6. The maximum absolute atomic E-state index is 13.3. The molecule has 0 aliphatic rings. The van der Waals surface area contributed by atoms with Crippen molar-refractivity contribution in [2.75, 3.05) is 31.5 Å². The molecular weight excluding hydrogens is 356 g/mol. The zero-order valence-electron chi connectivity index (χ0n) is 16.4. The monoisotopic (exact) mass is 381 g/mol. The van der Waals surface area contributed by atoms with E-state index in [1.165, 1.54) is 6.07 Å². The molecule has 0 amide bonds. The molecule has 2 aromatic carbocycles. The lowest BCUT2D eigenvalue weighted by Crippen LogP contribution is -2.47. The molecule has 28 heavy (non-hydrogen) atoms. The second-order valence-corrected chi connectivity index (χ2v) is 7.26. The van der Waals surface area contributed by atoms with Gasteiger partial charge in [0.05, 0.1) is 33.9 Å². The van der Waals surface area contributed by atoms with Crippen LogP contribution in [-0.2, 0) is 0 Å². The predicted octanol–water partition coefficient (Wildman–Crippen LogP) is 3.11. The SMILES string of the molecule is CC[N+](O)(CC)CCNc1ccc2nc(C)n3c4ccc(O)cc4c(=O)c1c23. The van der Waals surface area contributed by atoms with Crippen LogP contribution in [0.2, 0.25) is 0 Å². The van der Waals surface area contributed by atoms with Crippen molar-refractivity contribution in [1.82, 2.24) is 9.38 Å². The van der Waals surface area contributed by atoms with E-state index in [0.29, 0.717) is 42.6 Å². The maximum Gasteiger partial charge on any atom is 0.199 e. The lowest BCUT2D eigenvalue weighted by Gasteiger charge is -2.27. The lowest BCUT2D eigenvalue weighted by molar-refractivity contribution is -1.10. The minimum Gasteiger partial charge on any atom is -0.508 e. The first kappa shape index (κ1) is 18.5. The Morgan fingerprint density at radius 2 is 1.93 bits per heavy atom. The van der Waals surface area contributed by atoms with E-state index < -0.39 is 0 Å². The van der Waals surface area contributed by atoms with Gasteiger partial charge in [0.25, 0.3) is 0 Å². The number of aryl methyl sites for hydroxylation is 1. The molecule has 4 rings (SSSR count). The number of likely N-dealkylation sites (N-methyl/N-ethyl adjacent to an activating group) is 1. The van der Waals surface area contributed by atoms with Gasteiger partial charge in [0, 0.05) is 5.69 Å². The average molecular weight is 381 g/mol. The number of quaternary nitrogens is 1. The molecule has 0 saturated heterocycles. The molecular formula is C21H25N4O3+. The van der Waals surface area contributed by atoms with E-state index in [1.807, 2.05) is 37.3 Å². The Bertz CT molecular complexity index is 1230. The van der Waals surface area contributed by atoms with Crippen molar-refractivity contribution < 1.29 is 15.0 Å². The molecule has 4 aromatic rings. The second-order valence-electron chi connectivity index (χ2n) is 7.26.